The van der Waals surface area contributed by atoms with Crippen LogP contribution in [0.2, 0.25) is 0 Å². The Kier molecular flexibility index (Phi) is 3.99. The van der Waals surface area contributed by atoms with Gasteiger partial charge in [-0.05, 0) is 57.2 Å². The van der Waals surface area contributed by atoms with Crippen molar-refractivity contribution in [2.24, 2.45) is 12.0 Å². The number of anilines is 1. The molecule has 1 aromatic heterocycles. The molecule has 32 heavy (non-hydrogen) atoms. The summed E-state index contributed by atoms with van der Waals surface area (Å²) in [7, 11) is -1.87. The normalized spacial score (nSPS) is 22.4. The average Bonchev–Trinajstić information content (AvgIpc) is 3.12. The van der Waals surface area contributed by atoms with Crippen LogP contribution in [0.25, 0.3) is 0 Å². The third-order valence-corrected chi connectivity index (χ3v) is 8.72. The minimum atomic E-state index is -3.71. The Balaban J connectivity index is 1.41. The van der Waals surface area contributed by atoms with Gasteiger partial charge < -0.3 is 4.90 Å². The maximum Gasteiger partial charge on any atom is 0.263 e. The second-order valence-electron chi connectivity index (χ2n) is 9.83. The molecule has 1 aromatic carbocycles. The fourth-order valence-corrected chi connectivity index (χ4v) is 6.29. The summed E-state index contributed by atoms with van der Waals surface area (Å²) in [6, 6.07) is 4.87. The van der Waals surface area contributed by atoms with E-state index in [4.69, 9.17) is 4.99 Å². The number of sulfonamides is 1. The van der Waals surface area contributed by atoms with Crippen LogP contribution in [0, 0.1) is 0 Å². The largest absolute Gasteiger partial charge is 0.309 e. The highest BCUT2D eigenvalue weighted by molar-refractivity contribution is 7.89. The van der Waals surface area contributed by atoms with E-state index in [-0.39, 0.29) is 21.9 Å². The molecule has 6 rings (SSSR count). The Morgan fingerprint density at radius 3 is 2.59 bits per heavy atom. The number of rotatable bonds is 5. The third kappa shape index (κ3) is 3.07. The van der Waals surface area contributed by atoms with Gasteiger partial charge in [-0.1, -0.05) is 0 Å². The van der Waals surface area contributed by atoms with Crippen LogP contribution in [-0.4, -0.2) is 52.6 Å². The number of nitrogens with one attached hydrogen (secondary N) is 1. The number of benzene rings is 1. The van der Waals surface area contributed by atoms with Crippen molar-refractivity contribution in [2.45, 2.75) is 61.5 Å². The molecule has 0 radical (unpaired) electrons. The van der Waals surface area contributed by atoms with Crippen molar-refractivity contribution in [3.8, 4) is 0 Å². The Bertz CT molecular complexity index is 1270. The second-order valence-corrected chi connectivity index (χ2v) is 11.5. The van der Waals surface area contributed by atoms with Crippen LogP contribution in [0.5, 0.6) is 0 Å². The van der Waals surface area contributed by atoms with Gasteiger partial charge in [0, 0.05) is 24.3 Å². The van der Waals surface area contributed by atoms with Crippen LogP contribution in [0.1, 0.15) is 54.9 Å². The van der Waals surface area contributed by atoms with Gasteiger partial charge in [0.15, 0.2) is 0 Å². The minimum Gasteiger partial charge on any atom is -0.309 e. The number of carbonyl (C=O) groups excluding carboxylic acids is 1. The molecule has 2 fully saturated rings. The number of aliphatic imine (C=N–C) groups is 1. The fourth-order valence-electron chi connectivity index (χ4n) is 4.80. The summed E-state index contributed by atoms with van der Waals surface area (Å²) < 4.78 is 30.4. The van der Waals surface area contributed by atoms with Crippen LogP contribution in [0.15, 0.2) is 40.5 Å². The quantitative estimate of drug-likeness (QED) is 0.745. The van der Waals surface area contributed by atoms with Crippen LogP contribution in [0.3, 0.4) is 0 Å². The van der Waals surface area contributed by atoms with Crippen molar-refractivity contribution in [1.82, 2.24) is 19.4 Å². The lowest BCUT2D eigenvalue weighted by Crippen LogP contribution is -2.50. The summed E-state index contributed by atoms with van der Waals surface area (Å²) in [4.78, 5) is 22.5. The highest BCUT2D eigenvalue weighted by Crippen LogP contribution is 2.45. The third-order valence-electron chi connectivity index (χ3n) is 7.08. The van der Waals surface area contributed by atoms with Gasteiger partial charge >= 0.3 is 0 Å². The summed E-state index contributed by atoms with van der Waals surface area (Å²) in [6.45, 7) is 2.95. The van der Waals surface area contributed by atoms with Crippen LogP contribution in [0.4, 0.5) is 5.69 Å². The van der Waals surface area contributed by atoms with E-state index in [0.29, 0.717) is 24.6 Å². The zero-order chi connectivity index (χ0) is 22.3. The molecule has 168 valence electrons. The zero-order valence-electron chi connectivity index (χ0n) is 18.2. The van der Waals surface area contributed by atoms with Crippen molar-refractivity contribution in [3.63, 3.8) is 0 Å². The molecule has 2 aromatic rings. The van der Waals surface area contributed by atoms with Gasteiger partial charge in [-0.15, -0.1) is 0 Å². The highest BCUT2D eigenvalue weighted by atomic mass is 32.2. The average molecular weight is 455 g/mol. The molecule has 1 amide bonds. The van der Waals surface area contributed by atoms with Crippen LogP contribution < -0.4 is 9.62 Å². The Hall–Kier alpha value is -2.72. The molecule has 2 aliphatic carbocycles. The van der Waals surface area contributed by atoms with Crippen LogP contribution in [-0.2, 0) is 23.6 Å². The zero-order valence-corrected chi connectivity index (χ0v) is 19.0. The van der Waals surface area contributed by atoms with Gasteiger partial charge in [-0.3, -0.25) is 14.4 Å². The van der Waals surface area contributed by atoms with Crippen molar-refractivity contribution in [1.29, 1.82) is 0 Å². The molecule has 4 aliphatic rings. The Morgan fingerprint density at radius 1 is 1.19 bits per heavy atom. The lowest BCUT2D eigenvalue weighted by molar-refractivity contribution is 0.0833. The molecular weight excluding hydrogens is 428 g/mol. The van der Waals surface area contributed by atoms with E-state index in [1.165, 1.54) is 6.07 Å². The first-order valence-corrected chi connectivity index (χ1v) is 12.5. The predicted octanol–water partition coefficient (Wildman–Crippen LogP) is 2.01. The number of amides is 1. The number of carbonyl (C=O) groups is 1. The molecule has 1 spiro atoms. The smallest absolute Gasteiger partial charge is 0.263 e. The van der Waals surface area contributed by atoms with Crippen molar-refractivity contribution >= 4 is 27.6 Å². The van der Waals surface area contributed by atoms with Gasteiger partial charge in [0.2, 0.25) is 16.0 Å². The Morgan fingerprint density at radius 2 is 1.97 bits per heavy atom. The van der Waals surface area contributed by atoms with Gasteiger partial charge in [-0.2, -0.15) is 5.10 Å². The van der Waals surface area contributed by atoms with E-state index in [0.717, 1.165) is 43.4 Å². The fraction of sp³-hybridized carbons (Fsp3) is 0.500. The monoisotopic (exact) mass is 454 g/mol. The molecule has 2 saturated carbocycles. The maximum atomic E-state index is 13.6. The van der Waals surface area contributed by atoms with Crippen molar-refractivity contribution < 1.29 is 13.2 Å². The molecule has 0 saturated heterocycles. The van der Waals surface area contributed by atoms with Gasteiger partial charge in [0.05, 0.1) is 41.0 Å². The first kappa shape index (κ1) is 19.9. The first-order valence-electron chi connectivity index (χ1n) is 11.0. The topological polar surface area (TPSA) is 99.9 Å². The minimum absolute atomic E-state index is 0.122. The molecular formula is C22H26N6O3S. The number of guanidine groups is 1. The summed E-state index contributed by atoms with van der Waals surface area (Å²) in [5, 5.41) is 4.22. The summed E-state index contributed by atoms with van der Waals surface area (Å²) in [5.41, 5.74) is 1.51. The van der Waals surface area contributed by atoms with E-state index in [2.05, 4.69) is 14.7 Å². The molecule has 0 unspecified atom stereocenters. The van der Waals surface area contributed by atoms with Gasteiger partial charge in [0.1, 0.15) is 0 Å². The number of fused-ring (bicyclic) bond motifs is 3. The van der Waals surface area contributed by atoms with E-state index in [1.54, 1.807) is 27.9 Å². The van der Waals surface area contributed by atoms with Gasteiger partial charge in [-0.25, -0.2) is 18.1 Å². The van der Waals surface area contributed by atoms with Gasteiger partial charge in [0.25, 0.3) is 5.91 Å². The van der Waals surface area contributed by atoms with E-state index in [1.807, 2.05) is 20.2 Å². The summed E-state index contributed by atoms with van der Waals surface area (Å²) >= 11 is 0. The molecule has 3 heterocycles. The maximum absolute atomic E-state index is 13.6. The number of hydrogen-bond acceptors (Lipinski definition) is 6. The second kappa shape index (κ2) is 6.41. The SMILES string of the molecule is Cn1cc(CN2C(=O)c3cc(S(=O)(=O)NC4(C)CC4)ccc3N3CC4(CCC4)N=C23)cn1. The predicted molar refractivity (Wildman–Crippen MR) is 119 cm³/mol. The van der Waals surface area contributed by atoms with E-state index in [9.17, 15) is 13.2 Å². The molecule has 1 N–H and O–H groups in total. The molecule has 9 nitrogen and oxygen atoms in total. The number of nitrogens with zero attached hydrogens (tertiary/aromatic N) is 5. The summed E-state index contributed by atoms with van der Waals surface area (Å²) in [6.07, 6.45) is 8.41. The standard InChI is InChI=1S/C22H26N6O3S/c1-21(8-9-21)25-32(30,31)16-4-5-18-17(10-16)19(29)27(13-15-11-23-26(2)12-15)20-24-22(6-3-7-22)14-28(18)20/h4-5,10-12,25H,3,6-9,13-14H2,1-2H3. The molecule has 0 bridgehead atoms. The highest BCUT2D eigenvalue weighted by Gasteiger charge is 2.50. The molecule has 0 atom stereocenters. The summed E-state index contributed by atoms with van der Waals surface area (Å²) in [5.74, 6) is 0.426. The number of aryl methyl sites for hydroxylation is 1. The number of aromatic nitrogens is 2. The van der Waals surface area contributed by atoms with Crippen molar-refractivity contribution in [2.75, 3.05) is 11.4 Å². The van der Waals surface area contributed by atoms with E-state index < -0.39 is 10.0 Å². The Labute approximate surface area is 187 Å². The van der Waals surface area contributed by atoms with Crippen LogP contribution >= 0.6 is 0 Å². The number of hydrogen-bond donors (Lipinski definition) is 1. The van der Waals surface area contributed by atoms with E-state index >= 15 is 0 Å². The lowest BCUT2D eigenvalue weighted by atomic mass is 9.77. The molecule has 2 aliphatic heterocycles. The first-order chi connectivity index (χ1) is 15.2. The lowest BCUT2D eigenvalue weighted by Gasteiger charge is -2.38. The van der Waals surface area contributed by atoms with Crippen molar-refractivity contribution in [3.05, 3.63) is 41.7 Å². The molecule has 10 heteroatoms.